The van der Waals surface area contributed by atoms with E-state index in [2.05, 4.69) is 0 Å². The Hall–Kier alpha value is -4.72. The highest BCUT2D eigenvalue weighted by atomic mass is 16.5. The Morgan fingerprint density at radius 2 is 1.32 bits per heavy atom. The van der Waals surface area contributed by atoms with Crippen molar-refractivity contribution < 1.29 is 29.0 Å². The maximum atomic E-state index is 12.7. The number of aryl methyl sites for hydroxylation is 3. The van der Waals surface area contributed by atoms with Gasteiger partial charge in [0.1, 0.15) is 0 Å². The second-order valence-electron chi connectivity index (χ2n) is 10.0. The lowest BCUT2D eigenvalue weighted by Crippen LogP contribution is -2.13. The summed E-state index contributed by atoms with van der Waals surface area (Å²) in [5.41, 5.74) is 7.29. The van der Waals surface area contributed by atoms with Gasteiger partial charge in [-0.1, -0.05) is 48.5 Å². The van der Waals surface area contributed by atoms with Gasteiger partial charge in [-0.15, -0.1) is 0 Å². The van der Waals surface area contributed by atoms with Gasteiger partial charge in [-0.05, 0) is 50.5 Å². The molecule has 0 amide bonds. The number of ether oxygens (including phenoxy) is 1. The first-order valence-corrected chi connectivity index (χ1v) is 12.9. The summed E-state index contributed by atoms with van der Waals surface area (Å²) in [6.45, 7) is 7.46. The van der Waals surface area contributed by atoms with Crippen LogP contribution >= 0.6 is 0 Å². The number of carboxylic acid groups (broad SMARTS) is 1. The van der Waals surface area contributed by atoms with Crippen LogP contribution in [0.3, 0.4) is 0 Å². The van der Waals surface area contributed by atoms with Crippen molar-refractivity contribution in [3.63, 3.8) is 0 Å². The number of benzene rings is 2. The largest absolute Gasteiger partial charge is 0.481 e. The van der Waals surface area contributed by atoms with Crippen molar-refractivity contribution in [3.8, 4) is 5.75 Å². The summed E-state index contributed by atoms with van der Waals surface area (Å²) in [6, 6.07) is 16.7. The highest BCUT2D eigenvalue weighted by Gasteiger charge is 2.32. The van der Waals surface area contributed by atoms with Crippen molar-refractivity contribution in [2.75, 3.05) is 0 Å². The van der Waals surface area contributed by atoms with Gasteiger partial charge in [-0.3, -0.25) is 19.2 Å². The molecule has 0 bridgehead atoms. The van der Waals surface area contributed by atoms with E-state index in [0.29, 0.717) is 34.0 Å². The molecular formula is C32H32N2O6. The monoisotopic (exact) mass is 540 g/mol. The zero-order valence-corrected chi connectivity index (χ0v) is 23.5. The number of nitrogens with zero attached hydrogens (tertiary/aromatic N) is 2. The molecule has 5 rings (SSSR count). The summed E-state index contributed by atoms with van der Waals surface area (Å²) in [4.78, 5) is 47.6. The van der Waals surface area contributed by atoms with E-state index in [4.69, 9.17) is 9.84 Å². The number of fused-ring (bicyclic) bond motifs is 1. The molecule has 2 aromatic heterocycles. The smallest absolute Gasteiger partial charge is 0.317 e. The van der Waals surface area contributed by atoms with Crippen LogP contribution in [0.2, 0.25) is 0 Å². The first-order chi connectivity index (χ1) is 18.9. The van der Waals surface area contributed by atoms with Crippen molar-refractivity contribution in [1.82, 2.24) is 9.13 Å². The lowest BCUT2D eigenvalue weighted by Gasteiger charge is -2.09. The van der Waals surface area contributed by atoms with Crippen LogP contribution in [-0.4, -0.2) is 37.7 Å². The van der Waals surface area contributed by atoms with E-state index in [1.807, 2.05) is 70.2 Å². The third-order valence-electron chi connectivity index (χ3n) is 7.29. The number of ketones is 2. The van der Waals surface area contributed by atoms with Crippen LogP contribution in [0.5, 0.6) is 5.75 Å². The zero-order valence-electron chi connectivity index (χ0n) is 23.5. The Kier molecular flexibility index (Phi) is 7.91. The van der Waals surface area contributed by atoms with Gasteiger partial charge in [0.2, 0.25) is 11.6 Å². The van der Waals surface area contributed by atoms with E-state index in [1.165, 1.54) is 0 Å². The minimum Gasteiger partial charge on any atom is -0.481 e. The molecule has 3 heterocycles. The van der Waals surface area contributed by atoms with Crippen LogP contribution in [0, 0.1) is 27.7 Å². The number of esters is 1. The van der Waals surface area contributed by atoms with Crippen LogP contribution in [0.25, 0.3) is 0 Å². The van der Waals surface area contributed by atoms with Gasteiger partial charge in [-0.2, -0.15) is 0 Å². The molecule has 0 fully saturated rings. The normalized spacial score (nSPS) is 11.9. The Morgan fingerprint density at radius 1 is 0.800 bits per heavy atom. The molecule has 1 N–H and O–H groups in total. The molecule has 4 aromatic rings. The summed E-state index contributed by atoms with van der Waals surface area (Å²) in [5, 5.41) is 8.89. The van der Waals surface area contributed by atoms with E-state index >= 15 is 0 Å². The van der Waals surface area contributed by atoms with Gasteiger partial charge in [0.15, 0.2) is 5.75 Å². The number of carboxylic acids is 1. The number of carbonyl (C=O) groups is 4. The molecule has 0 unspecified atom stereocenters. The number of rotatable bonds is 6. The van der Waals surface area contributed by atoms with Gasteiger partial charge in [0.25, 0.3) is 0 Å². The van der Waals surface area contributed by atoms with Crippen LogP contribution in [0.15, 0.2) is 54.6 Å². The van der Waals surface area contributed by atoms with Crippen molar-refractivity contribution in [2.24, 2.45) is 14.1 Å². The maximum Gasteiger partial charge on any atom is 0.317 e. The number of aliphatic carboxylic acids is 1. The molecule has 0 saturated heterocycles. The summed E-state index contributed by atoms with van der Waals surface area (Å²) < 4.78 is 8.66. The predicted molar refractivity (Wildman–Crippen MR) is 150 cm³/mol. The molecular weight excluding hydrogens is 508 g/mol. The number of aromatic nitrogens is 2. The second-order valence-corrected chi connectivity index (χ2v) is 10.0. The lowest BCUT2D eigenvalue weighted by atomic mass is 10.0. The van der Waals surface area contributed by atoms with E-state index in [-0.39, 0.29) is 30.4 Å². The number of hydrogen-bond acceptors (Lipinski definition) is 5. The molecule has 8 nitrogen and oxygen atoms in total. The fourth-order valence-electron chi connectivity index (χ4n) is 5.20. The molecule has 0 atom stereocenters. The van der Waals surface area contributed by atoms with Crippen LogP contribution in [0.1, 0.15) is 65.7 Å². The van der Waals surface area contributed by atoms with Crippen molar-refractivity contribution in [1.29, 1.82) is 0 Å². The number of carbonyl (C=O) groups excluding carboxylic acids is 3. The average molecular weight is 541 g/mol. The lowest BCUT2D eigenvalue weighted by molar-refractivity contribution is -0.136. The van der Waals surface area contributed by atoms with Gasteiger partial charge in [-0.25, -0.2) is 0 Å². The molecule has 1 aliphatic rings. The van der Waals surface area contributed by atoms with E-state index in [1.54, 1.807) is 35.4 Å². The van der Waals surface area contributed by atoms with Crippen LogP contribution < -0.4 is 4.74 Å². The summed E-state index contributed by atoms with van der Waals surface area (Å²) in [7, 11) is 3.54. The molecule has 0 spiro atoms. The van der Waals surface area contributed by atoms with E-state index in [0.717, 1.165) is 27.9 Å². The molecule has 206 valence electrons. The van der Waals surface area contributed by atoms with E-state index < -0.39 is 5.97 Å². The Balaban J connectivity index is 0.000000185. The first kappa shape index (κ1) is 28.3. The highest BCUT2D eigenvalue weighted by Crippen LogP contribution is 2.35. The molecule has 0 aliphatic carbocycles. The predicted octanol–water partition coefficient (Wildman–Crippen LogP) is 4.83. The Morgan fingerprint density at radius 3 is 1.82 bits per heavy atom. The molecule has 0 saturated carbocycles. The fraction of sp³-hybridized carbons (Fsp3) is 0.250. The Bertz CT molecular complexity index is 1640. The van der Waals surface area contributed by atoms with Crippen LogP contribution in [-0.2, 0) is 36.5 Å². The van der Waals surface area contributed by atoms with Gasteiger partial charge >= 0.3 is 11.9 Å². The topological polar surface area (TPSA) is 108 Å². The van der Waals surface area contributed by atoms with Crippen molar-refractivity contribution >= 4 is 23.5 Å². The minimum atomic E-state index is -0.902. The fourth-order valence-corrected chi connectivity index (χ4v) is 5.20. The van der Waals surface area contributed by atoms with Gasteiger partial charge in [0.05, 0.1) is 29.9 Å². The second kappa shape index (κ2) is 11.2. The molecule has 1 aliphatic heterocycles. The highest BCUT2D eigenvalue weighted by molar-refractivity contribution is 6.11. The molecule has 0 radical (unpaired) electrons. The Labute approximate surface area is 232 Å². The van der Waals surface area contributed by atoms with Crippen molar-refractivity contribution in [2.45, 2.75) is 40.5 Å². The quantitative estimate of drug-likeness (QED) is 0.277. The van der Waals surface area contributed by atoms with E-state index in [9.17, 15) is 19.2 Å². The minimum absolute atomic E-state index is 0.0338. The third kappa shape index (κ3) is 5.25. The third-order valence-corrected chi connectivity index (χ3v) is 7.29. The van der Waals surface area contributed by atoms with Crippen LogP contribution in [0.4, 0.5) is 0 Å². The van der Waals surface area contributed by atoms with Gasteiger partial charge in [0, 0.05) is 36.5 Å². The van der Waals surface area contributed by atoms with Crippen molar-refractivity contribution in [3.05, 3.63) is 111 Å². The molecule has 8 heteroatoms. The molecule has 2 aromatic carbocycles. The number of hydrogen-bond donors (Lipinski definition) is 1. The zero-order chi connectivity index (χ0) is 29.3. The maximum absolute atomic E-state index is 12.7. The summed E-state index contributed by atoms with van der Waals surface area (Å²) >= 11 is 0. The van der Waals surface area contributed by atoms with Gasteiger partial charge < -0.3 is 19.0 Å². The first-order valence-electron chi connectivity index (χ1n) is 12.9. The SMILES string of the molecule is Cc1ccccc1C(=O)c1c(C)c2c(n1C)CC(=O)O2.Cc1ccccc1C(=O)c1c(C)cc(CC(=O)O)n1C. The molecule has 40 heavy (non-hydrogen) atoms. The summed E-state index contributed by atoms with van der Waals surface area (Å²) in [5.74, 6) is -0.716. The summed E-state index contributed by atoms with van der Waals surface area (Å²) in [6.07, 6.45) is 0.145. The standard InChI is InChI=1S/C16H15NO3.C16H17NO3/c1-9-6-4-5-7-11(9)15(19)14-10(2)16-12(17(14)3)8-13(18)20-16;1-10-6-4-5-7-13(10)16(20)15-11(2)8-12(17(15)3)9-14(18)19/h4-7H,8H2,1-3H3;4-8H,9H2,1-3H3,(H,18,19). The average Bonchev–Trinajstić information content (AvgIpc) is 3.49.